The number of nitrogens with one attached hydrogen (secondary N) is 1. The van der Waals surface area contributed by atoms with Gasteiger partial charge in [-0.15, -0.1) is 0 Å². The zero-order chi connectivity index (χ0) is 14.4. The molecule has 1 aromatic carbocycles. The van der Waals surface area contributed by atoms with Crippen molar-refractivity contribution in [3.63, 3.8) is 0 Å². The third kappa shape index (κ3) is 3.68. The normalized spacial score (nSPS) is 10.5. The van der Waals surface area contributed by atoms with Crippen molar-refractivity contribution < 1.29 is 9.53 Å². The van der Waals surface area contributed by atoms with E-state index in [1.165, 1.54) is 7.11 Å². The van der Waals surface area contributed by atoms with Crippen LogP contribution in [0.25, 0.3) is 0 Å². The Hall–Kier alpha value is -2.14. The number of hydrogen-bond donors (Lipinski definition) is 1. The van der Waals surface area contributed by atoms with Gasteiger partial charge in [-0.3, -0.25) is 4.68 Å². The molecule has 0 aliphatic carbocycles. The molecular weight excluding hydrogens is 254 g/mol. The molecule has 1 heterocycles. The predicted octanol–water partition coefficient (Wildman–Crippen LogP) is 1.77. The van der Waals surface area contributed by atoms with Gasteiger partial charge in [0.1, 0.15) is 0 Å². The lowest BCUT2D eigenvalue weighted by atomic mass is 10.1. The van der Waals surface area contributed by atoms with Gasteiger partial charge in [0, 0.05) is 19.3 Å². The number of benzene rings is 1. The van der Waals surface area contributed by atoms with Gasteiger partial charge in [-0.1, -0.05) is 18.2 Å². The maximum atomic E-state index is 11.6. The first-order valence-corrected chi connectivity index (χ1v) is 6.56. The topological polar surface area (TPSA) is 56.1 Å². The Morgan fingerprint density at radius 3 is 2.90 bits per heavy atom. The quantitative estimate of drug-likeness (QED) is 0.644. The summed E-state index contributed by atoms with van der Waals surface area (Å²) in [6.07, 6.45) is 3.84. The number of nitrogens with zero attached hydrogens (tertiary/aromatic N) is 2. The average molecular weight is 273 g/mol. The molecule has 0 spiro atoms. The number of esters is 1. The summed E-state index contributed by atoms with van der Waals surface area (Å²) in [6.45, 7) is 4.24. The number of rotatable bonds is 6. The minimum Gasteiger partial charge on any atom is -0.465 e. The number of carbonyl (C=O) groups excluding carboxylic acids is 1. The van der Waals surface area contributed by atoms with Crippen LogP contribution in [0.3, 0.4) is 0 Å². The van der Waals surface area contributed by atoms with Gasteiger partial charge >= 0.3 is 5.97 Å². The zero-order valence-electron chi connectivity index (χ0n) is 11.8. The summed E-state index contributed by atoms with van der Waals surface area (Å²) in [5, 5.41) is 7.53. The first kappa shape index (κ1) is 14.3. The molecule has 2 aromatic rings. The molecule has 5 nitrogen and oxygen atoms in total. The van der Waals surface area contributed by atoms with E-state index in [4.69, 9.17) is 4.74 Å². The van der Waals surface area contributed by atoms with Gasteiger partial charge in [0.2, 0.25) is 0 Å². The van der Waals surface area contributed by atoms with E-state index in [1.54, 1.807) is 6.07 Å². The lowest BCUT2D eigenvalue weighted by Crippen LogP contribution is -2.21. The Balaban J connectivity index is 1.86. The number of ether oxygens (including phenoxy) is 1. The second-order valence-electron chi connectivity index (χ2n) is 4.61. The Morgan fingerprint density at radius 1 is 1.40 bits per heavy atom. The molecule has 0 unspecified atom stereocenters. The van der Waals surface area contributed by atoms with Gasteiger partial charge < -0.3 is 10.1 Å². The summed E-state index contributed by atoms with van der Waals surface area (Å²) in [4.78, 5) is 11.6. The van der Waals surface area contributed by atoms with Crippen molar-refractivity contribution in [2.75, 3.05) is 13.7 Å². The predicted molar refractivity (Wildman–Crippen MR) is 76.5 cm³/mol. The molecule has 2 rings (SSSR count). The molecule has 5 heteroatoms. The lowest BCUT2D eigenvalue weighted by molar-refractivity contribution is 0.0599. The molecule has 0 amide bonds. The third-order valence-electron chi connectivity index (χ3n) is 3.02. The molecule has 0 atom stereocenters. The summed E-state index contributed by atoms with van der Waals surface area (Å²) in [6, 6.07) is 7.46. The molecule has 0 bridgehead atoms. The minimum atomic E-state index is -0.301. The third-order valence-corrected chi connectivity index (χ3v) is 3.02. The standard InChI is InChI=1S/C15H19N3O2/c1-12-9-17-18(11-12)8-7-16-10-13-5-3-4-6-14(13)15(19)20-2/h3-6,9,11,16H,7-8,10H2,1-2H3. The van der Waals surface area contributed by atoms with Crippen LogP contribution in [0.1, 0.15) is 21.5 Å². The van der Waals surface area contributed by atoms with Crippen LogP contribution in [0.5, 0.6) is 0 Å². The second kappa shape index (κ2) is 6.86. The fourth-order valence-corrected chi connectivity index (χ4v) is 1.99. The summed E-state index contributed by atoms with van der Waals surface area (Å²) in [5.74, 6) is -0.301. The van der Waals surface area contributed by atoms with Crippen LogP contribution < -0.4 is 5.32 Å². The van der Waals surface area contributed by atoms with Gasteiger partial charge in [0.15, 0.2) is 0 Å². The van der Waals surface area contributed by atoms with E-state index in [0.717, 1.165) is 24.2 Å². The Labute approximate surface area is 118 Å². The van der Waals surface area contributed by atoms with Crippen molar-refractivity contribution in [3.05, 3.63) is 53.3 Å². The Kier molecular flexibility index (Phi) is 4.90. The smallest absolute Gasteiger partial charge is 0.338 e. The minimum absolute atomic E-state index is 0.301. The molecule has 0 aliphatic heterocycles. The summed E-state index contributed by atoms with van der Waals surface area (Å²) >= 11 is 0. The molecule has 1 N–H and O–H groups in total. The van der Waals surface area contributed by atoms with Gasteiger partial charge in [-0.05, 0) is 24.1 Å². The second-order valence-corrected chi connectivity index (χ2v) is 4.61. The van der Waals surface area contributed by atoms with Crippen LogP contribution >= 0.6 is 0 Å². The maximum Gasteiger partial charge on any atom is 0.338 e. The van der Waals surface area contributed by atoms with E-state index in [-0.39, 0.29) is 5.97 Å². The molecule has 0 radical (unpaired) electrons. The molecule has 0 fully saturated rings. The Morgan fingerprint density at radius 2 is 2.20 bits per heavy atom. The zero-order valence-corrected chi connectivity index (χ0v) is 11.8. The van der Waals surface area contributed by atoms with Crippen molar-refractivity contribution in [2.24, 2.45) is 0 Å². The average Bonchev–Trinajstić information content (AvgIpc) is 2.89. The molecule has 20 heavy (non-hydrogen) atoms. The van der Waals surface area contributed by atoms with E-state index in [1.807, 2.05) is 42.2 Å². The highest BCUT2D eigenvalue weighted by Crippen LogP contribution is 2.09. The van der Waals surface area contributed by atoms with Crippen molar-refractivity contribution in [1.29, 1.82) is 0 Å². The molecule has 0 saturated carbocycles. The first-order valence-electron chi connectivity index (χ1n) is 6.56. The first-order chi connectivity index (χ1) is 9.70. The van der Waals surface area contributed by atoms with Crippen LogP contribution in [0.2, 0.25) is 0 Å². The van der Waals surface area contributed by atoms with Crippen molar-refractivity contribution in [1.82, 2.24) is 15.1 Å². The maximum absolute atomic E-state index is 11.6. The SMILES string of the molecule is COC(=O)c1ccccc1CNCCn1cc(C)cn1. The van der Waals surface area contributed by atoms with Crippen molar-refractivity contribution >= 4 is 5.97 Å². The highest BCUT2D eigenvalue weighted by molar-refractivity contribution is 5.90. The molecule has 1 aromatic heterocycles. The number of methoxy groups -OCH3 is 1. The molecular formula is C15H19N3O2. The van der Waals surface area contributed by atoms with Crippen molar-refractivity contribution in [3.8, 4) is 0 Å². The van der Waals surface area contributed by atoms with Gasteiger partial charge in [0.25, 0.3) is 0 Å². The summed E-state index contributed by atoms with van der Waals surface area (Å²) in [5.41, 5.74) is 2.70. The summed E-state index contributed by atoms with van der Waals surface area (Å²) in [7, 11) is 1.40. The monoisotopic (exact) mass is 273 g/mol. The van der Waals surface area contributed by atoms with E-state index in [0.29, 0.717) is 12.1 Å². The molecule has 0 aliphatic rings. The van der Waals surface area contributed by atoms with Crippen LogP contribution in [0.4, 0.5) is 0 Å². The molecule has 106 valence electrons. The van der Waals surface area contributed by atoms with Gasteiger partial charge in [-0.2, -0.15) is 5.10 Å². The van der Waals surface area contributed by atoms with E-state index in [2.05, 4.69) is 10.4 Å². The van der Waals surface area contributed by atoms with Gasteiger partial charge in [-0.25, -0.2) is 4.79 Å². The highest BCUT2D eigenvalue weighted by atomic mass is 16.5. The Bertz CT molecular complexity index is 578. The van der Waals surface area contributed by atoms with Crippen LogP contribution in [-0.4, -0.2) is 29.4 Å². The highest BCUT2D eigenvalue weighted by Gasteiger charge is 2.09. The molecule has 0 saturated heterocycles. The van der Waals surface area contributed by atoms with Gasteiger partial charge in [0.05, 0.1) is 25.4 Å². The number of carbonyl (C=O) groups is 1. The van der Waals surface area contributed by atoms with Crippen molar-refractivity contribution in [2.45, 2.75) is 20.0 Å². The largest absolute Gasteiger partial charge is 0.465 e. The lowest BCUT2D eigenvalue weighted by Gasteiger charge is -2.09. The fraction of sp³-hybridized carbons (Fsp3) is 0.333. The van der Waals surface area contributed by atoms with Crippen LogP contribution in [0, 0.1) is 6.92 Å². The fourth-order valence-electron chi connectivity index (χ4n) is 1.99. The van der Waals surface area contributed by atoms with E-state index in [9.17, 15) is 4.79 Å². The number of aromatic nitrogens is 2. The number of hydrogen-bond acceptors (Lipinski definition) is 4. The summed E-state index contributed by atoms with van der Waals surface area (Å²) < 4.78 is 6.67. The van der Waals surface area contributed by atoms with E-state index >= 15 is 0 Å². The van der Waals surface area contributed by atoms with Crippen LogP contribution in [-0.2, 0) is 17.8 Å². The van der Waals surface area contributed by atoms with Crippen LogP contribution in [0.15, 0.2) is 36.7 Å². The number of aryl methyl sites for hydroxylation is 1. The van der Waals surface area contributed by atoms with E-state index < -0.39 is 0 Å².